The number of carboxylic acids is 1. The first-order valence-electron chi connectivity index (χ1n) is 4.73. The molecule has 1 aromatic rings. The summed E-state index contributed by atoms with van der Waals surface area (Å²) in [5, 5.41) is 9.40. The standard InChI is InChI=1S/C11H8Cl2O3/c12-8-2-1-5(3-9(8)13)10(14)6-4-7(6)11(15)16/h1-3,6-7H,4H2,(H,15,16)/t6?,7-/m0/s1. The monoisotopic (exact) mass is 258 g/mol. The Morgan fingerprint density at radius 3 is 2.38 bits per heavy atom. The molecular weight excluding hydrogens is 251 g/mol. The van der Waals surface area contributed by atoms with Crippen LogP contribution in [-0.4, -0.2) is 16.9 Å². The van der Waals surface area contributed by atoms with Crippen molar-refractivity contribution in [3.05, 3.63) is 33.8 Å². The molecule has 0 bridgehead atoms. The summed E-state index contributed by atoms with van der Waals surface area (Å²) < 4.78 is 0. The number of ketones is 1. The molecule has 3 nitrogen and oxygen atoms in total. The fourth-order valence-electron chi connectivity index (χ4n) is 1.62. The molecule has 0 aliphatic heterocycles. The van der Waals surface area contributed by atoms with Crippen molar-refractivity contribution in [1.82, 2.24) is 0 Å². The zero-order chi connectivity index (χ0) is 11.9. The van der Waals surface area contributed by atoms with Gasteiger partial charge in [0.05, 0.1) is 16.0 Å². The molecule has 0 saturated heterocycles. The lowest BCUT2D eigenvalue weighted by Gasteiger charge is -2.01. The number of hydrogen-bond acceptors (Lipinski definition) is 2. The van der Waals surface area contributed by atoms with Crippen molar-refractivity contribution >= 4 is 35.0 Å². The van der Waals surface area contributed by atoms with Crippen molar-refractivity contribution in [2.45, 2.75) is 6.42 Å². The Kier molecular flexibility index (Phi) is 2.91. The summed E-state index contributed by atoms with van der Waals surface area (Å²) in [5.41, 5.74) is 0.420. The number of carboxylic acid groups (broad SMARTS) is 1. The molecule has 1 unspecified atom stereocenters. The summed E-state index contributed by atoms with van der Waals surface area (Å²) in [4.78, 5) is 22.4. The minimum Gasteiger partial charge on any atom is -0.481 e. The van der Waals surface area contributed by atoms with Crippen molar-refractivity contribution in [3.63, 3.8) is 0 Å². The van der Waals surface area contributed by atoms with Gasteiger partial charge in [-0.15, -0.1) is 0 Å². The Labute approximate surface area is 102 Å². The van der Waals surface area contributed by atoms with Gasteiger partial charge < -0.3 is 5.11 Å². The fourth-order valence-corrected chi connectivity index (χ4v) is 1.92. The second-order valence-corrected chi connectivity index (χ2v) is 4.59. The van der Waals surface area contributed by atoms with Crippen LogP contribution in [-0.2, 0) is 4.79 Å². The van der Waals surface area contributed by atoms with Gasteiger partial charge in [-0.05, 0) is 24.6 Å². The highest BCUT2D eigenvalue weighted by molar-refractivity contribution is 6.42. The quantitative estimate of drug-likeness (QED) is 0.849. The number of benzene rings is 1. The van der Waals surface area contributed by atoms with Crippen LogP contribution in [0.2, 0.25) is 10.0 Å². The minimum atomic E-state index is -0.918. The van der Waals surface area contributed by atoms with Gasteiger partial charge in [0.2, 0.25) is 0 Å². The molecule has 0 spiro atoms. The summed E-state index contributed by atoms with van der Waals surface area (Å²) in [6.07, 6.45) is 0.411. The number of Topliss-reactive ketones (excluding diaryl/α,β-unsaturated/α-hetero) is 1. The van der Waals surface area contributed by atoms with E-state index in [1.165, 1.54) is 12.1 Å². The van der Waals surface area contributed by atoms with E-state index in [0.717, 1.165) is 0 Å². The van der Waals surface area contributed by atoms with Gasteiger partial charge in [0.25, 0.3) is 0 Å². The van der Waals surface area contributed by atoms with Crippen LogP contribution in [0.1, 0.15) is 16.8 Å². The first-order chi connectivity index (χ1) is 7.50. The molecule has 0 amide bonds. The number of rotatable bonds is 3. The molecule has 2 atom stereocenters. The first kappa shape index (κ1) is 11.4. The van der Waals surface area contributed by atoms with Crippen molar-refractivity contribution in [3.8, 4) is 0 Å². The summed E-state index contributed by atoms with van der Waals surface area (Å²) in [5.74, 6) is -2.04. The number of halogens is 2. The van der Waals surface area contributed by atoms with Crippen LogP contribution >= 0.6 is 23.2 Å². The Bertz CT molecular complexity index is 470. The number of carbonyl (C=O) groups is 2. The van der Waals surface area contributed by atoms with Crippen LogP contribution in [0.25, 0.3) is 0 Å². The van der Waals surface area contributed by atoms with E-state index in [0.29, 0.717) is 22.0 Å². The summed E-state index contributed by atoms with van der Waals surface area (Å²) >= 11 is 11.5. The van der Waals surface area contributed by atoms with E-state index in [1.807, 2.05) is 0 Å². The van der Waals surface area contributed by atoms with Crippen molar-refractivity contribution < 1.29 is 14.7 Å². The van der Waals surface area contributed by atoms with E-state index in [1.54, 1.807) is 6.07 Å². The number of carbonyl (C=O) groups excluding carboxylic acids is 1. The molecule has 1 saturated carbocycles. The van der Waals surface area contributed by atoms with Gasteiger partial charge in [0, 0.05) is 11.5 Å². The molecule has 1 N–H and O–H groups in total. The predicted molar refractivity (Wildman–Crippen MR) is 60.0 cm³/mol. The topological polar surface area (TPSA) is 54.4 Å². The lowest BCUT2D eigenvalue weighted by molar-refractivity contribution is -0.138. The summed E-state index contributed by atoms with van der Waals surface area (Å²) in [6.45, 7) is 0. The van der Waals surface area contributed by atoms with E-state index >= 15 is 0 Å². The Morgan fingerprint density at radius 1 is 1.19 bits per heavy atom. The fraction of sp³-hybridized carbons (Fsp3) is 0.273. The molecule has 2 rings (SSSR count). The highest BCUT2D eigenvalue weighted by Crippen LogP contribution is 2.41. The predicted octanol–water partition coefficient (Wildman–Crippen LogP) is 2.90. The minimum absolute atomic E-state index is 0.175. The molecule has 84 valence electrons. The van der Waals surface area contributed by atoms with E-state index in [9.17, 15) is 9.59 Å². The largest absolute Gasteiger partial charge is 0.481 e. The lowest BCUT2D eigenvalue weighted by Crippen LogP contribution is -2.08. The molecule has 1 aromatic carbocycles. The van der Waals surface area contributed by atoms with E-state index in [-0.39, 0.29) is 5.78 Å². The second-order valence-electron chi connectivity index (χ2n) is 3.78. The van der Waals surface area contributed by atoms with Crippen molar-refractivity contribution in [2.75, 3.05) is 0 Å². The average Bonchev–Trinajstić information content (AvgIpc) is 3.01. The number of hydrogen-bond donors (Lipinski definition) is 1. The van der Waals surface area contributed by atoms with Crippen LogP contribution in [0.15, 0.2) is 18.2 Å². The Morgan fingerprint density at radius 2 is 1.88 bits per heavy atom. The van der Waals surface area contributed by atoms with Gasteiger partial charge in [-0.2, -0.15) is 0 Å². The van der Waals surface area contributed by atoms with Gasteiger partial charge >= 0.3 is 5.97 Å². The second kappa shape index (κ2) is 4.07. The van der Waals surface area contributed by atoms with Gasteiger partial charge in [-0.3, -0.25) is 9.59 Å². The van der Waals surface area contributed by atoms with Crippen LogP contribution in [0, 0.1) is 11.8 Å². The van der Waals surface area contributed by atoms with Crippen molar-refractivity contribution in [1.29, 1.82) is 0 Å². The van der Waals surface area contributed by atoms with Crippen LogP contribution in [0.4, 0.5) is 0 Å². The molecule has 5 heteroatoms. The smallest absolute Gasteiger partial charge is 0.307 e. The molecule has 16 heavy (non-hydrogen) atoms. The first-order valence-corrected chi connectivity index (χ1v) is 5.48. The third-order valence-electron chi connectivity index (χ3n) is 2.65. The van der Waals surface area contributed by atoms with E-state index in [2.05, 4.69) is 0 Å². The Hall–Kier alpha value is -1.06. The third kappa shape index (κ3) is 2.06. The van der Waals surface area contributed by atoms with E-state index in [4.69, 9.17) is 28.3 Å². The van der Waals surface area contributed by atoms with Crippen molar-refractivity contribution in [2.24, 2.45) is 11.8 Å². The molecule has 0 radical (unpaired) electrons. The molecule has 1 aliphatic carbocycles. The van der Waals surface area contributed by atoms with Gasteiger partial charge in [0.15, 0.2) is 5.78 Å². The highest BCUT2D eigenvalue weighted by atomic mass is 35.5. The Balaban J connectivity index is 2.17. The van der Waals surface area contributed by atoms with E-state index < -0.39 is 17.8 Å². The van der Waals surface area contributed by atoms with Crippen LogP contribution in [0.5, 0.6) is 0 Å². The third-order valence-corrected chi connectivity index (χ3v) is 3.39. The van der Waals surface area contributed by atoms with Crippen LogP contribution in [0.3, 0.4) is 0 Å². The summed E-state index contributed by atoms with van der Waals surface area (Å²) in [6, 6.07) is 4.58. The maximum Gasteiger partial charge on any atom is 0.307 e. The number of aliphatic carboxylic acids is 1. The lowest BCUT2D eigenvalue weighted by atomic mass is 10.1. The molecule has 1 fully saturated rings. The molecular formula is C11H8Cl2O3. The maximum atomic E-state index is 11.8. The van der Waals surface area contributed by atoms with Gasteiger partial charge in [0.1, 0.15) is 0 Å². The maximum absolute atomic E-state index is 11.8. The molecule has 0 aromatic heterocycles. The SMILES string of the molecule is O=C(c1ccc(Cl)c(Cl)c1)C1C[C@@H]1C(=O)O. The zero-order valence-electron chi connectivity index (χ0n) is 8.11. The average molecular weight is 259 g/mol. The summed E-state index contributed by atoms with van der Waals surface area (Å²) in [7, 11) is 0. The van der Waals surface area contributed by atoms with Gasteiger partial charge in [-0.1, -0.05) is 23.2 Å². The van der Waals surface area contributed by atoms with Crippen LogP contribution < -0.4 is 0 Å². The molecule has 0 heterocycles. The normalized spacial score (nSPS) is 22.9. The highest BCUT2D eigenvalue weighted by Gasteiger charge is 2.48. The zero-order valence-corrected chi connectivity index (χ0v) is 9.63. The molecule has 1 aliphatic rings. The van der Waals surface area contributed by atoms with Gasteiger partial charge in [-0.25, -0.2) is 0 Å².